The van der Waals surface area contributed by atoms with Crippen LogP contribution in [0.4, 0.5) is 5.69 Å². The van der Waals surface area contributed by atoms with Crippen LogP contribution in [0.5, 0.6) is 0 Å². The number of nitrogens with one attached hydrogen (secondary N) is 2. The van der Waals surface area contributed by atoms with Gasteiger partial charge in [0, 0.05) is 60.8 Å². The van der Waals surface area contributed by atoms with Gasteiger partial charge in [-0.2, -0.15) is 10.2 Å². The lowest BCUT2D eigenvalue weighted by Gasteiger charge is -2.34. The van der Waals surface area contributed by atoms with Crippen LogP contribution in [0.25, 0.3) is 22.2 Å². The largest absolute Gasteiger partial charge is 0.338 e. The Bertz CT molecular complexity index is 1670. The molecule has 0 saturated carbocycles. The number of amides is 3. The molecule has 11 heteroatoms. The summed E-state index contributed by atoms with van der Waals surface area (Å²) in [6, 6.07) is 19.8. The van der Waals surface area contributed by atoms with Gasteiger partial charge in [-0.05, 0) is 42.5 Å². The minimum absolute atomic E-state index is 0.0182. The van der Waals surface area contributed by atoms with E-state index in [0.29, 0.717) is 48.6 Å². The predicted molar refractivity (Wildman–Crippen MR) is 148 cm³/mol. The molecule has 0 spiro atoms. The van der Waals surface area contributed by atoms with Crippen molar-refractivity contribution in [3.63, 3.8) is 0 Å². The summed E-state index contributed by atoms with van der Waals surface area (Å²) in [6.45, 7) is 2.02. The van der Waals surface area contributed by atoms with E-state index in [2.05, 4.69) is 25.6 Å². The molecule has 5 aromatic rings. The van der Waals surface area contributed by atoms with Crippen molar-refractivity contribution in [2.75, 3.05) is 31.5 Å². The van der Waals surface area contributed by atoms with Crippen LogP contribution in [0, 0.1) is 0 Å². The fraction of sp³-hybridized carbons (Fsp3) is 0.172. The van der Waals surface area contributed by atoms with Gasteiger partial charge in [-0.1, -0.05) is 24.3 Å². The van der Waals surface area contributed by atoms with Gasteiger partial charge in [-0.25, -0.2) is 4.98 Å². The first-order valence-corrected chi connectivity index (χ1v) is 12.9. The van der Waals surface area contributed by atoms with Gasteiger partial charge in [-0.15, -0.1) is 0 Å². The Morgan fingerprint density at radius 1 is 0.900 bits per heavy atom. The summed E-state index contributed by atoms with van der Waals surface area (Å²) in [5.41, 5.74) is 3.68. The Balaban J connectivity index is 1.07. The van der Waals surface area contributed by atoms with Gasteiger partial charge in [0.05, 0.1) is 17.4 Å². The minimum Gasteiger partial charge on any atom is -0.338 e. The van der Waals surface area contributed by atoms with E-state index in [-0.39, 0.29) is 30.0 Å². The lowest BCUT2D eigenvalue weighted by molar-refractivity contribution is -0.133. The van der Waals surface area contributed by atoms with Crippen molar-refractivity contribution < 1.29 is 14.4 Å². The van der Waals surface area contributed by atoms with Crippen molar-refractivity contribution >= 4 is 34.3 Å². The molecule has 0 unspecified atom stereocenters. The number of benzene rings is 2. The zero-order valence-electron chi connectivity index (χ0n) is 21.5. The number of fused-ring (bicyclic) bond motifs is 1. The average molecular weight is 535 g/mol. The van der Waals surface area contributed by atoms with Crippen LogP contribution >= 0.6 is 0 Å². The third kappa shape index (κ3) is 5.30. The molecule has 0 atom stereocenters. The first kappa shape index (κ1) is 25.0. The summed E-state index contributed by atoms with van der Waals surface area (Å²) in [5.74, 6) is -0.413. The van der Waals surface area contributed by atoms with E-state index < -0.39 is 0 Å². The molecular weight excluding hydrogens is 508 g/mol. The topological polar surface area (TPSA) is 129 Å². The van der Waals surface area contributed by atoms with Gasteiger partial charge >= 0.3 is 0 Å². The smallest absolute Gasteiger partial charge is 0.274 e. The first-order chi connectivity index (χ1) is 19.5. The van der Waals surface area contributed by atoms with Crippen molar-refractivity contribution in [2.45, 2.75) is 6.54 Å². The SMILES string of the molecule is O=C(Nc1ccc2nn(CC(=O)N3CCN(C(=O)c4ccccc4)CC3)cc2c1)c1cccc(-c2cn[nH]c2)n1. The predicted octanol–water partition coefficient (Wildman–Crippen LogP) is 3.06. The van der Waals surface area contributed by atoms with E-state index in [1.807, 2.05) is 30.3 Å². The monoisotopic (exact) mass is 534 g/mol. The number of aromatic nitrogens is 5. The number of pyridine rings is 1. The Kier molecular flexibility index (Phi) is 6.75. The van der Waals surface area contributed by atoms with E-state index in [0.717, 1.165) is 10.9 Å². The number of aromatic amines is 1. The second kappa shape index (κ2) is 10.8. The molecule has 3 aromatic heterocycles. The number of hydrogen-bond donors (Lipinski definition) is 2. The fourth-order valence-electron chi connectivity index (χ4n) is 4.70. The fourth-order valence-corrected chi connectivity index (χ4v) is 4.70. The summed E-state index contributed by atoms with van der Waals surface area (Å²) >= 11 is 0. The van der Waals surface area contributed by atoms with Crippen LogP contribution < -0.4 is 5.32 Å². The molecule has 2 N–H and O–H groups in total. The molecule has 1 aliphatic heterocycles. The number of hydrogen-bond acceptors (Lipinski definition) is 6. The normalized spacial score (nSPS) is 13.4. The van der Waals surface area contributed by atoms with E-state index in [1.165, 1.54) is 0 Å². The average Bonchev–Trinajstić information content (AvgIpc) is 3.67. The zero-order chi connectivity index (χ0) is 27.5. The summed E-state index contributed by atoms with van der Waals surface area (Å²) in [5, 5.41) is 14.9. The molecular formula is C29H26N8O3. The number of H-pyrrole nitrogens is 1. The molecule has 11 nitrogen and oxygen atoms in total. The summed E-state index contributed by atoms with van der Waals surface area (Å²) < 4.78 is 1.61. The lowest BCUT2D eigenvalue weighted by atomic mass is 10.2. The van der Waals surface area contributed by atoms with Gasteiger partial charge < -0.3 is 15.1 Å². The third-order valence-corrected chi connectivity index (χ3v) is 6.82. The quantitative estimate of drug-likeness (QED) is 0.345. The standard InChI is InChI=1S/C29H26N8O3/c38-27(35-11-13-36(14-12-35)29(40)20-5-2-1-3-6-20)19-37-18-21-15-23(9-10-25(21)34-37)32-28(39)26-8-4-7-24(33-26)22-16-30-31-17-22/h1-10,15-18H,11-14,19H2,(H,30,31)(H,32,39). The maximum Gasteiger partial charge on any atom is 0.274 e. The van der Waals surface area contributed by atoms with E-state index >= 15 is 0 Å². The number of carbonyl (C=O) groups excluding carboxylic acids is 3. The molecule has 2 aromatic carbocycles. The van der Waals surface area contributed by atoms with Crippen LogP contribution in [0.1, 0.15) is 20.8 Å². The molecule has 6 rings (SSSR count). The van der Waals surface area contributed by atoms with Crippen molar-refractivity contribution in [3.05, 3.63) is 96.6 Å². The molecule has 1 saturated heterocycles. The highest BCUT2D eigenvalue weighted by atomic mass is 16.2. The maximum atomic E-state index is 13.0. The minimum atomic E-state index is -0.336. The molecule has 0 bridgehead atoms. The summed E-state index contributed by atoms with van der Waals surface area (Å²) in [4.78, 5) is 46.5. The van der Waals surface area contributed by atoms with Gasteiger partial charge in [-0.3, -0.25) is 24.2 Å². The van der Waals surface area contributed by atoms with Crippen LogP contribution in [0.3, 0.4) is 0 Å². The molecule has 0 aliphatic carbocycles. The van der Waals surface area contributed by atoms with Crippen molar-refractivity contribution in [1.82, 2.24) is 34.8 Å². The van der Waals surface area contributed by atoms with Crippen LogP contribution in [0.2, 0.25) is 0 Å². The number of carbonyl (C=O) groups is 3. The molecule has 1 aliphatic rings. The summed E-state index contributed by atoms with van der Waals surface area (Å²) in [7, 11) is 0. The third-order valence-electron chi connectivity index (χ3n) is 6.82. The number of anilines is 1. The maximum absolute atomic E-state index is 13.0. The summed E-state index contributed by atoms with van der Waals surface area (Å²) in [6.07, 6.45) is 5.15. The van der Waals surface area contributed by atoms with Gasteiger partial charge in [0.2, 0.25) is 5.91 Å². The first-order valence-electron chi connectivity index (χ1n) is 12.9. The Hall–Kier alpha value is -5.32. The number of rotatable bonds is 6. The molecule has 4 heterocycles. The van der Waals surface area contributed by atoms with Crippen LogP contribution in [-0.4, -0.2) is 78.7 Å². The second-order valence-electron chi connectivity index (χ2n) is 9.49. The molecule has 0 radical (unpaired) electrons. The Labute approximate surface area is 229 Å². The van der Waals surface area contributed by atoms with Crippen molar-refractivity contribution in [3.8, 4) is 11.3 Å². The zero-order valence-corrected chi connectivity index (χ0v) is 21.5. The highest BCUT2D eigenvalue weighted by Crippen LogP contribution is 2.20. The van der Waals surface area contributed by atoms with Crippen LogP contribution in [-0.2, 0) is 11.3 Å². The Morgan fingerprint density at radius 3 is 2.48 bits per heavy atom. The molecule has 40 heavy (non-hydrogen) atoms. The molecule has 1 fully saturated rings. The number of piperazine rings is 1. The van der Waals surface area contributed by atoms with E-state index in [9.17, 15) is 14.4 Å². The van der Waals surface area contributed by atoms with E-state index in [4.69, 9.17) is 0 Å². The van der Waals surface area contributed by atoms with Crippen LogP contribution in [0.15, 0.2) is 85.3 Å². The van der Waals surface area contributed by atoms with Crippen molar-refractivity contribution in [2.24, 2.45) is 0 Å². The lowest BCUT2D eigenvalue weighted by Crippen LogP contribution is -2.51. The van der Waals surface area contributed by atoms with Gasteiger partial charge in [0.15, 0.2) is 0 Å². The van der Waals surface area contributed by atoms with Gasteiger partial charge in [0.1, 0.15) is 12.2 Å². The van der Waals surface area contributed by atoms with E-state index in [1.54, 1.807) is 69.5 Å². The Morgan fingerprint density at radius 2 is 1.70 bits per heavy atom. The van der Waals surface area contributed by atoms with Crippen molar-refractivity contribution in [1.29, 1.82) is 0 Å². The van der Waals surface area contributed by atoms with Gasteiger partial charge in [0.25, 0.3) is 11.8 Å². The second-order valence-corrected chi connectivity index (χ2v) is 9.49. The molecule has 200 valence electrons. The highest BCUT2D eigenvalue weighted by Gasteiger charge is 2.25. The molecule has 3 amide bonds. The number of nitrogens with zero attached hydrogens (tertiary/aromatic N) is 6. The highest BCUT2D eigenvalue weighted by molar-refractivity contribution is 6.04.